The number of rotatable bonds is 9. The van der Waals surface area contributed by atoms with Crippen LogP contribution >= 0.6 is 11.6 Å². The number of nitrogens with zero attached hydrogens (tertiary/aromatic N) is 1. The Kier molecular flexibility index (Phi) is 10.2. The number of aryl methyl sites for hydroxylation is 1. The monoisotopic (exact) mass is 590 g/mol. The molecule has 1 aliphatic carbocycles. The Morgan fingerprint density at radius 1 is 1.20 bits per heavy atom. The van der Waals surface area contributed by atoms with E-state index in [1.165, 1.54) is 0 Å². The highest BCUT2D eigenvalue weighted by atomic mass is 35.5. The van der Waals surface area contributed by atoms with E-state index in [1.54, 1.807) is 24.3 Å². The first kappa shape index (κ1) is 30.4. The third-order valence-electron chi connectivity index (χ3n) is 7.98. The van der Waals surface area contributed by atoms with E-state index in [-0.39, 0.29) is 29.1 Å². The van der Waals surface area contributed by atoms with Crippen LogP contribution in [0.2, 0.25) is 5.02 Å². The number of sulfonamides is 1. The van der Waals surface area contributed by atoms with Crippen LogP contribution in [0.25, 0.3) is 0 Å². The average molecular weight is 591 g/mol. The molecule has 1 heterocycles. The minimum Gasteiger partial charge on any atom is -0.487 e. The molecule has 10 heteroatoms. The van der Waals surface area contributed by atoms with Crippen molar-refractivity contribution in [2.75, 3.05) is 23.7 Å². The molecule has 8 nitrogen and oxygen atoms in total. The Labute approximate surface area is 241 Å². The third-order valence-corrected chi connectivity index (χ3v) is 9.25. The number of benzene rings is 2. The summed E-state index contributed by atoms with van der Waals surface area (Å²) in [6, 6.07) is 10.8. The molecule has 2 aliphatic rings. The number of hydrogen-bond donors (Lipinski definition) is 3. The Morgan fingerprint density at radius 2 is 2.00 bits per heavy atom. The van der Waals surface area contributed by atoms with Crippen LogP contribution in [0.1, 0.15) is 60.5 Å². The normalized spacial score (nSPS) is 21.4. The summed E-state index contributed by atoms with van der Waals surface area (Å²) in [6.45, 7) is 3.59. The number of aromatic carboxylic acids is 1. The predicted molar refractivity (Wildman–Crippen MR) is 157 cm³/mol. The van der Waals surface area contributed by atoms with Crippen LogP contribution < -0.4 is 14.8 Å². The Balaban J connectivity index is 1.50. The van der Waals surface area contributed by atoms with Gasteiger partial charge in [0.2, 0.25) is 10.0 Å². The average Bonchev–Trinajstić information content (AvgIpc) is 2.88. The van der Waals surface area contributed by atoms with Gasteiger partial charge in [-0.3, -0.25) is 0 Å². The fourth-order valence-corrected chi connectivity index (χ4v) is 6.81. The van der Waals surface area contributed by atoms with E-state index in [0.29, 0.717) is 30.3 Å². The lowest BCUT2D eigenvalue weighted by Crippen LogP contribution is -2.43. The SMILES string of the molecule is C[C@H](C/C=C/[C@H](O)[C@@H]1CC[C@H]1CN1CCCCc2cc(Cl)ccc2COc2ccc(C(=O)O)cc21)CS(N)(=O)=O. The number of anilines is 1. The highest BCUT2D eigenvalue weighted by Crippen LogP contribution is 2.40. The molecule has 4 atom stereocenters. The van der Waals surface area contributed by atoms with Crippen molar-refractivity contribution >= 4 is 33.3 Å². The van der Waals surface area contributed by atoms with Crippen molar-refractivity contribution in [2.45, 2.75) is 58.2 Å². The summed E-state index contributed by atoms with van der Waals surface area (Å²) in [5.41, 5.74) is 3.19. The summed E-state index contributed by atoms with van der Waals surface area (Å²) < 4.78 is 28.9. The van der Waals surface area contributed by atoms with Gasteiger partial charge in [0.1, 0.15) is 12.4 Å². The number of hydrogen-bond acceptors (Lipinski definition) is 6. The van der Waals surface area contributed by atoms with Gasteiger partial charge in [-0.05, 0) is 97.7 Å². The summed E-state index contributed by atoms with van der Waals surface area (Å²) in [6.07, 6.45) is 8.10. The number of nitrogens with two attached hydrogens (primary N) is 1. The number of aliphatic hydroxyl groups excluding tert-OH is 1. The van der Waals surface area contributed by atoms with Crippen molar-refractivity contribution in [3.8, 4) is 5.75 Å². The minimum atomic E-state index is -3.53. The Bertz CT molecular complexity index is 1330. The van der Waals surface area contributed by atoms with Gasteiger partial charge in [0.25, 0.3) is 0 Å². The molecule has 0 bridgehead atoms. The number of allylic oxidation sites excluding steroid dienone is 1. The van der Waals surface area contributed by atoms with Gasteiger partial charge >= 0.3 is 5.97 Å². The topological polar surface area (TPSA) is 130 Å². The number of fused-ring (bicyclic) bond motifs is 2. The summed E-state index contributed by atoms with van der Waals surface area (Å²) >= 11 is 6.26. The van der Waals surface area contributed by atoms with Gasteiger partial charge in [0.15, 0.2) is 0 Å². The third kappa shape index (κ3) is 8.22. The molecule has 2 aromatic rings. The molecule has 1 fully saturated rings. The van der Waals surface area contributed by atoms with E-state index < -0.39 is 22.1 Å². The molecule has 0 saturated heterocycles. The van der Waals surface area contributed by atoms with Gasteiger partial charge in [-0.2, -0.15) is 0 Å². The second-order valence-electron chi connectivity index (χ2n) is 11.2. The van der Waals surface area contributed by atoms with Crippen LogP contribution in [0.4, 0.5) is 5.69 Å². The van der Waals surface area contributed by atoms with Crippen molar-refractivity contribution < 1.29 is 28.2 Å². The molecule has 0 unspecified atom stereocenters. The van der Waals surface area contributed by atoms with Gasteiger partial charge in [0, 0.05) is 18.1 Å². The maximum Gasteiger partial charge on any atom is 0.335 e. The maximum absolute atomic E-state index is 11.8. The maximum atomic E-state index is 11.8. The summed E-state index contributed by atoms with van der Waals surface area (Å²) in [5.74, 6) is -0.281. The van der Waals surface area contributed by atoms with Gasteiger partial charge < -0.3 is 19.8 Å². The minimum absolute atomic E-state index is 0.0707. The zero-order chi connectivity index (χ0) is 28.9. The molecule has 4 N–H and O–H groups in total. The van der Waals surface area contributed by atoms with Crippen molar-refractivity contribution in [3.63, 3.8) is 0 Å². The molecular weight excluding hydrogens is 552 g/mol. The molecule has 0 amide bonds. The molecule has 1 saturated carbocycles. The number of primary sulfonamides is 1. The molecule has 218 valence electrons. The lowest BCUT2D eigenvalue weighted by atomic mass is 9.70. The van der Waals surface area contributed by atoms with E-state index in [4.69, 9.17) is 21.5 Å². The largest absolute Gasteiger partial charge is 0.487 e. The van der Waals surface area contributed by atoms with Crippen molar-refractivity contribution in [1.82, 2.24) is 0 Å². The van der Waals surface area contributed by atoms with Crippen molar-refractivity contribution in [3.05, 3.63) is 70.3 Å². The number of ether oxygens (including phenoxy) is 1. The quantitative estimate of drug-likeness (QED) is 0.350. The molecule has 0 spiro atoms. The van der Waals surface area contributed by atoms with E-state index in [2.05, 4.69) is 4.90 Å². The van der Waals surface area contributed by atoms with Crippen LogP contribution in [0, 0.1) is 17.8 Å². The van der Waals surface area contributed by atoms with E-state index in [1.807, 2.05) is 31.2 Å². The van der Waals surface area contributed by atoms with Crippen molar-refractivity contribution in [1.29, 1.82) is 0 Å². The first-order valence-corrected chi connectivity index (χ1v) is 16.0. The molecule has 1 aliphatic heterocycles. The molecule has 40 heavy (non-hydrogen) atoms. The predicted octanol–water partition coefficient (Wildman–Crippen LogP) is 5.02. The van der Waals surface area contributed by atoms with Crippen LogP contribution in [-0.2, 0) is 23.1 Å². The number of halogens is 1. The molecule has 0 aromatic heterocycles. The van der Waals surface area contributed by atoms with Gasteiger partial charge in [-0.15, -0.1) is 0 Å². The van der Waals surface area contributed by atoms with Gasteiger partial charge in [0.05, 0.1) is 23.1 Å². The fourth-order valence-electron chi connectivity index (χ4n) is 5.68. The summed E-state index contributed by atoms with van der Waals surface area (Å²) in [7, 11) is -3.53. The highest BCUT2D eigenvalue weighted by molar-refractivity contribution is 7.89. The Hall–Kier alpha value is -2.59. The fraction of sp³-hybridized carbons (Fsp3) is 0.500. The van der Waals surface area contributed by atoms with E-state index >= 15 is 0 Å². The van der Waals surface area contributed by atoms with E-state index in [9.17, 15) is 23.4 Å². The second-order valence-corrected chi connectivity index (χ2v) is 13.3. The van der Waals surface area contributed by atoms with Crippen LogP contribution in [0.3, 0.4) is 0 Å². The summed E-state index contributed by atoms with van der Waals surface area (Å²) in [5, 5.41) is 26.4. The second kappa shape index (κ2) is 13.4. The van der Waals surface area contributed by atoms with Gasteiger partial charge in [-0.1, -0.05) is 36.7 Å². The van der Waals surface area contributed by atoms with Crippen LogP contribution in [0.5, 0.6) is 5.75 Å². The molecule has 4 rings (SSSR count). The number of aliphatic hydroxyl groups is 1. The van der Waals surface area contributed by atoms with Crippen LogP contribution in [0.15, 0.2) is 48.6 Å². The smallest absolute Gasteiger partial charge is 0.335 e. The Morgan fingerprint density at radius 3 is 2.70 bits per heavy atom. The van der Waals surface area contributed by atoms with Gasteiger partial charge in [-0.25, -0.2) is 18.4 Å². The zero-order valence-corrected chi connectivity index (χ0v) is 24.4. The van der Waals surface area contributed by atoms with Crippen molar-refractivity contribution in [2.24, 2.45) is 22.9 Å². The first-order valence-electron chi connectivity index (χ1n) is 13.9. The van der Waals surface area contributed by atoms with Crippen LogP contribution in [-0.4, -0.2) is 49.5 Å². The number of carboxylic acids is 1. The highest BCUT2D eigenvalue weighted by Gasteiger charge is 2.36. The molecular formula is C30H39ClN2O6S. The molecule has 2 aromatic carbocycles. The lowest BCUT2D eigenvalue weighted by molar-refractivity contribution is 0.0461. The lowest BCUT2D eigenvalue weighted by Gasteiger charge is -2.42. The standard InChI is InChI=1S/C30H39ClN2O6S/c1-20(19-40(32,37)38)5-4-7-28(34)26-12-9-23(26)17-33-14-3-2-6-21-15-25(31)11-8-24(21)18-39-29-13-10-22(30(35)36)16-27(29)33/h4,7-8,10-11,13,15-16,20,23,26,28,34H,2-3,5-6,9,12,14,17-19H2,1H3,(H,35,36)(H2,32,37,38)/b7-4+/t20-,23+,26-,28+/m1/s1. The van der Waals surface area contributed by atoms with E-state index in [0.717, 1.165) is 55.5 Å². The molecule has 0 radical (unpaired) electrons. The summed E-state index contributed by atoms with van der Waals surface area (Å²) in [4.78, 5) is 14.0. The number of carboxylic acid groups (broad SMARTS) is 1. The number of carbonyl (C=O) groups is 1. The zero-order valence-electron chi connectivity index (χ0n) is 22.8. The first-order chi connectivity index (χ1) is 19.0.